The molecule has 0 radical (unpaired) electrons. The van der Waals surface area contributed by atoms with Crippen LogP contribution >= 0.6 is 0 Å². The molecule has 2 aromatic rings. The lowest BCUT2D eigenvalue weighted by Crippen LogP contribution is -2.40. The van der Waals surface area contributed by atoms with Crippen LogP contribution in [0.15, 0.2) is 47.4 Å². The van der Waals surface area contributed by atoms with E-state index in [9.17, 15) is 18.0 Å². The molecule has 0 unspecified atom stereocenters. The molecule has 1 aliphatic heterocycles. The summed E-state index contributed by atoms with van der Waals surface area (Å²) in [6.45, 7) is 2.95. The Hall–Kier alpha value is -2.75. The van der Waals surface area contributed by atoms with Gasteiger partial charge in [-0.2, -0.15) is 4.31 Å². The number of benzene rings is 2. The number of hydrogen-bond donors (Lipinski definition) is 1. The molecule has 1 heterocycles. The number of carbonyl (C=O) groups excluding carboxylic acids is 2. The summed E-state index contributed by atoms with van der Waals surface area (Å²) in [6, 6.07) is 10.8. The van der Waals surface area contributed by atoms with Crippen molar-refractivity contribution in [3.63, 3.8) is 0 Å². The number of nitrogens with one attached hydrogen (secondary N) is 1. The van der Waals surface area contributed by atoms with Crippen molar-refractivity contribution in [3.05, 3.63) is 59.2 Å². The van der Waals surface area contributed by atoms with E-state index in [1.807, 2.05) is 0 Å². The number of carbonyl (C=O) groups is 2. The van der Waals surface area contributed by atoms with Gasteiger partial charge in [-0.15, -0.1) is 0 Å². The van der Waals surface area contributed by atoms with E-state index in [1.54, 1.807) is 31.2 Å². The molecule has 0 atom stereocenters. The van der Waals surface area contributed by atoms with Crippen LogP contribution in [0.5, 0.6) is 0 Å². The Balaban J connectivity index is 1.81. The highest BCUT2D eigenvalue weighted by atomic mass is 32.2. The van der Waals surface area contributed by atoms with Gasteiger partial charge < -0.3 is 14.8 Å². The quantitative estimate of drug-likeness (QED) is 0.746. The van der Waals surface area contributed by atoms with E-state index in [-0.39, 0.29) is 23.5 Å². The van der Waals surface area contributed by atoms with Gasteiger partial charge in [0.05, 0.1) is 30.8 Å². The minimum absolute atomic E-state index is 0.105. The predicted octanol–water partition coefficient (Wildman–Crippen LogP) is 2.05. The van der Waals surface area contributed by atoms with Gasteiger partial charge in [-0.3, -0.25) is 4.79 Å². The summed E-state index contributed by atoms with van der Waals surface area (Å²) < 4.78 is 37.2. The molecule has 1 saturated heterocycles. The highest BCUT2D eigenvalue weighted by molar-refractivity contribution is 7.89. The third-order valence-corrected chi connectivity index (χ3v) is 6.64. The van der Waals surface area contributed by atoms with Gasteiger partial charge in [-0.05, 0) is 48.9 Å². The van der Waals surface area contributed by atoms with E-state index < -0.39 is 21.9 Å². The molecule has 154 valence electrons. The van der Waals surface area contributed by atoms with Crippen LogP contribution in [0.1, 0.15) is 26.3 Å². The smallest absolute Gasteiger partial charge is 0.337 e. The molecule has 0 aliphatic carbocycles. The van der Waals surface area contributed by atoms with E-state index in [0.717, 1.165) is 0 Å². The van der Waals surface area contributed by atoms with E-state index in [4.69, 9.17) is 4.74 Å². The van der Waals surface area contributed by atoms with Crippen LogP contribution in [0.3, 0.4) is 0 Å². The Morgan fingerprint density at radius 2 is 1.66 bits per heavy atom. The Kier molecular flexibility index (Phi) is 6.31. The molecular formula is C20H22N2O6S. The van der Waals surface area contributed by atoms with Gasteiger partial charge in [0.25, 0.3) is 5.91 Å². The first-order valence-corrected chi connectivity index (χ1v) is 10.4. The topological polar surface area (TPSA) is 102 Å². The predicted molar refractivity (Wildman–Crippen MR) is 106 cm³/mol. The molecule has 8 nitrogen and oxygen atoms in total. The summed E-state index contributed by atoms with van der Waals surface area (Å²) in [5.41, 5.74) is 1.62. The van der Waals surface area contributed by atoms with Gasteiger partial charge in [0.2, 0.25) is 10.0 Å². The minimum Gasteiger partial charge on any atom is -0.465 e. The third-order valence-electron chi connectivity index (χ3n) is 4.60. The van der Waals surface area contributed by atoms with Crippen LogP contribution < -0.4 is 5.32 Å². The summed E-state index contributed by atoms with van der Waals surface area (Å²) in [5.74, 6) is -0.923. The fourth-order valence-corrected chi connectivity index (χ4v) is 4.61. The van der Waals surface area contributed by atoms with Gasteiger partial charge in [-0.25, -0.2) is 13.2 Å². The van der Waals surface area contributed by atoms with Crippen LogP contribution in [0.2, 0.25) is 0 Å². The summed E-state index contributed by atoms with van der Waals surface area (Å²) in [6.07, 6.45) is 0. The molecule has 1 amide bonds. The molecule has 2 aromatic carbocycles. The lowest BCUT2D eigenvalue weighted by atomic mass is 10.1. The molecule has 0 spiro atoms. The summed E-state index contributed by atoms with van der Waals surface area (Å²) in [4.78, 5) is 24.2. The number of hydrogen-bond acceptors (Lipinski definition) is 6. The van der Waals surface area contributed by atoms with E-state index in [1.165, 1.54) is 29.6 Å². The number of amides is 1. The molecule has 0 saturated carbocycles. The number of nitrogens with zero attached hydrogens (tertiary/aromatic N) is 1. The minimum atomic E-state index is -3.72. The fourth-order valence-electron chi connectivity index (χ4n) is 2.96. The second-order valence-electron chi connectivity index (χ2n) is 6.52. The number of aryl methyl sites for hydroxylation is 1. The van der Waals surface area contributed by atoms with Crippen molar-refractivity contribution in [2.75, 3.05) is 38.7 Å². The van der Waals surface area contributed by atoms with Crippen LogP contribution in [0.4, 0.5) is 5.69 Å². The third kappa shape index (κ3) is 4.64. The van der Waals surface area contributed by atoms with Crippen LogP contribution in [0.25, 0.3) is 0 Å². The molecule has 0 aromatic heterocycles. The van der Waals surface area contributed by atoms with E-state index >= 15 is 0 Å². The molecule has 1 fully saturated rings. The maximum Gasteiger partial charge on any atom is 0.337 e. The first-order valence-electron chi connectivity index (χ1n) is 9.01. The van der Waals surface area contributed by atoms with Crippen molar-refractivity contribution in [1.82, 2.24) is 4.31 Å². The summed E-state index contributed by atoms with van der Waals surface area (Å²) in [7, 11) is -2.43. The van der Waals surface area contributed by atoms with E-state index in [0.29, 0.717) is 30.0 Å². The standard InChI is InChI=1S/C20H22N2O6S/c1-14-3-4-16(13-18(14)29(25,26)22-9-11-28-12-10-22)19(23)21-17-7-5-15(6-8-17)20(24)27-2/h3-8,13H,9-12H2,1-2H3,(H,21,23). The zero-order valence-corrected chi connectivity index (χ0v) is 17.0. The molecule has 1 N–H and O–H groups in total. The molecular weight excluding hydrogens is 396 g/mol. The summed E-state index contributed by atoms with van der Waals surface area (Å²) >= 11 is 0. The van der Waals surface area contributed by atoms with Gasteiger partial charge in [0, 0.05) is 24.3 Å². The van der Waals surface area contributed by atoms with Crippen LogP contribution in [-0.4, -0.2) is 58.0 Å². The monoisotopic (exact) mass is 418 g/mol. The van der Waals surface area contributed by atoms with Crippen molar-refractivity contribution in [2.24, 2.45) is 0 Å². The first kappa shape index (κ1) is 21.0. The van der Waals surface area contributed by atoms with Gasteiger partial charge >= 0.3 is 5.97 Å². The molecule has 29 heavy (non-hydrogen) atoms. The lowest BCUT2D eigenvalue weighted by Gasteiger charge is -2.26. The first-order chi connectivity index (χ1) is 13.8. The van der Waals surface area contributed by atoms with Gasteiger partial charge in [0.15, 0.2) is 0 Å². The average molecular weight is 418 g/mol. The van der Waals surface area contributed by atoms with Crippen molar-refractivity contribution in [1.29, 1.82) is 0 Å². The number of morpholine rings is 1. The Morgan fingerprint density at radius 1 is 1.03 bits per heavy atom. The fraction of sp³-hybridized carbons (Fsp3) is 0.300. The number of esters is 1. The highest BCUT2D eigenvalue weighted by Gasteiger charge is 2.28. The number of ether oxygens (including phenoxy) is 2. The Morgan fingerprint density at radius 3 is 2.28 bits per heavy atom. The molecule has 0 bridgehead atoms. The zero-order valence-electron chi connectivity index (χ0n) is 16.2. The van der Waals surface area contributed by atoms with Crippen LogP contribution in [-0.2, 0) is 19.5 Å². The Labute approximate surface area is 169 Å². The molecule has 3 rings (SSSR count). The SMILES string of the molecule is COC(=O)c1ccc(NC(=O)c2ccc(C)c(S(=O)(=O)N3CCOCC3)c2)cc1. The lowest BCUT2D eigenvalue weighted by molar-refractivity contribution is 0.0600. The second kappa shape index (κ2) is 8.73. The average Bonchev–Trinajstić information content (AvgIpc) is 2.74. The van der Waals surface area contributed by atoms with Gasteiger partial charge in [0.1, 0.15) is 0 Å². The van der Waals surface area contributed by atoms with Crippen molar-refractivity contribution < 1.29 is 27.5 Å². The molecule has 9 heteroatoms. The molecule has 1 aliphatic rings. The maximum atomic E-state index is 13.0. The normalized spacial score (nSPS) is 15.0. The van der Waals surface area contributed by atoms with Crippen molar-refractivity contribution in [3.8, 4) is 0 Å². The number of rotatable bonds is 5. The largest absolute Gasteiger partial charge is 0.465 e. The number of anilines is 1. The maximum absolute atomic E-state index is 13.0. The van der Waals surface area contributed by atoms with Crippen molar-refractivity contribution >= 4 is 27.6 Å². The van der Waals surface area contributed by atoms with Crippen molar-refractivity contribution in [2.45, 2.75) is 11.8 Å². The number of sulfonamides is 1. The summed E-state index contributed by atoms with van der Waals surface area (Å²) in [5, 5.41) is 2.70. The highest BCUT2D eigenvalue weighted by Crippen LogP contribution is 2.23. The van der Waals surface area contributed by atoms with Gasteiger partial charge in [-0.1, -0.05) is 6.07 Å². The van der Waals surface area contributed by atoms with Crippen LogP contribution in [0, 0.1) is 6.92 Å². The zero-order chi connectivity index (χ0) is 21.0. The number of methoxy groups -OCH3 is 1. The van der Waals surface area contributed by atoms with E-state index in [2.05, 4.69) is 10.1 Å². The Bertz CT molecular complexity index is 1010. The second-order valence-corrected chi connectivity index (χ2v) is 8.43.